The van der Waals surface area contributed by atoms with Crippen LogP contribution < -0.4 is 0 Å². The Bertz CT molecular complexity index is 1370. The summed E-state index contributed by atoms with van der Waals surface area (Å²) < 4.78 is 13.9. The van der Waals surface area contributed by atoms with Gasteiger partial charge in [0.05, 0.1) is 16.6 Å². The summed E-state index contributed by atoms with van der Waals surface area (Å²) in [6.07, 6.45) is 7.33. The van der Waals surface area contributed by atoms with Crippen molar-refractivity contribution in [1.82, 2.24) is 19.9 Å². The topological polar surface area (TPSA) is 61.9 Å². The molecule has 1 unspecified atom stereocenters. The smallest absolute Gasteiger partial charge is 0.253 e. The van der Waals surface area contributed by atoms with E-state index in [1.54, 1.807) is 12.1 Å². The zero-order valence-corrected chi connectivity index (χ0v) is 19.4. The standard InChI is InChI=1S/C28H29FN4O/c1-17(27-31-25-9-7-20(15-26(25)32-27)28(34)33-13-2-14-33)18-3-5-19(6-4-18)22-11-12-30-24-10-8-21(29)16-23(22)24/h7-12,15-19H,2-6,13-14H2,1H3,(H,31,32). The highest BCUT2D eigenvalue weighted by Crippen LogP contribution is 2.43. The lowest BCUT2D eigenvalue weighted by molar-refractivity contribution is 0.0652. The van der Waals surface area contributed by atoms with Gasteiger partial charge in [0.1, 0.15) is 11.6 Å². The van der Waals surface area contributed by atoms with Crippen LogP contribution in [0.5, 0.6) is 0 Å². The van der Waals surface area contributed by atoms with Crippen molar-refractivity contribution in [2.45, 2.75) is 50.9 Å². The SMILES string of the molecule is CC(c1nc2cc(C(=O)N3CCC3)ccc2[nH]1)C1CCC(c2ccnc3ccc(F)cc23)CC1. The number of pyridine rings is 1. The summed E-state index contributed by atoms with van der Waals surface area (Å²) in [5.74, 6) is 2.19. The molecule has 5 nitrogen and oxygen atoms in total. The Morgan fingerprint density at radius 3 is 2.65 bits per heavy atom. The summed E-state index contributed by atoms with van der Waals surface area (Å²) in [7, 11) is 0. The summed E-state index contributed by atoms with van der Waals surface area (Å²) in [4.78, 5) is 27.3. The molecule has 0 radical (unpaired) electrons. The average molecular weight is 457 g/mol. The molecule has 2 fully saturated rings. The second kappa shape index (κ2) is 8.49. The van der Waals surface area contributed by atoms with Crippen molar-refractivity contribution in [3.05, 3.63) is 71.4 Å². The minimum Gasteiger partial charge on any atom is -0.342 e. The van der Waals surface area contributed by atoms with Gasteiger partial charge in [-0.1, -0.05) is 6.92 Å². The van der Waals surface area contributed by atoms with E-state index in [4.69, 9.17) is 4.98 Å². The summed E-state index contributed by atoms with van der Waals surface area (Å²) in [5.41, 5.74) is 4.66. The first-order valence-electron chi connectivity index (χ1n) is 12.4. The highest BCUT2D eigenvalue weighted by molar-refractivity contribution is 5.97. The Labute approximate surface area is 198 Å². The van der Waals surface area contributed by atoms with Crippen LogP contribution in [-0.4, -0.2) is 38.8 Å². The summed E-state index contributed by atoms with van der Waals surface area (Å²) in [5, 5.41) is 0.944. The number of rotatable bonds is 4. The lowest BCUT2D eigenvalue weighted by Crippen LogP contribution is -2.41. The number of hydrogen-bond acceptors (Lipinski definition) is 3. The molecule has 1 aliphatic heterocycles. The van der Waals surface area contributed by atoms with E-state index in [2.05, 4.69) is 23.0 Å². The van der Waals surface area contributed by atoms with E-state index in [1.165, 1.54) is 11.6 Å². The van der Waals surface area contributed by atoms with E-state index < -0.39 is 0 Å². The largest absolute Gasteiger partial charge is 0.342 e. The Hall–Kier alpha value is -3.28. The lowest BCUT2D eigenvalue weighted by atomic mass is 9.73. The number of aromatic amines is 1. The van der Waals surface area contributed by atoms with Gasteiger partial charge in [-0.15, -0.1) is 0 Å². The van der Waals surface area contributed by atoms with Crippen LogP contribution in [0.2, 0.25) is 0 Å². The number of carbonyl (C=O) groups is 1. The molecule has 34 heavy (non-hydrogen) atoms. The molecule has 1 saturated carbocycles. The highest BCUT2D eigenvalue weighted by atomic mass is 19.1. The second-order valence-corrected chi connectivity index (χ2v) is 9.96. The normalized spacial score (nSPS) is 21.5. The molecule has 174 valence electrons. The van der Waals surface area contributed by atoms with Crippen LogP contribution in [0.4, 0.5) is 4.39 Å². The third-order valence-electron chi connectivity index (χ3n) is 7.98. The predicted molar refractivity (Wildman–Crippen MR) is 131 cm³/mol. The molecule has 6 rings (SSSR count). The van der Waals surface area contributed by atoms with Crippen molar-refractivity contribution in [1.29, 1.82) is 0 Å². The van der Waals surface area contributed by atoms with Gasteiger partial charge in [-0.25, -0.2) is 9.37 Å². The van der Waals surface area contributed by atoms with Crippen LogP contribution in [0.1, 0.15) is 72.6 Å². The number of H-pyrrole nitrogens is 1. The Kier molecular flexibility index (Phi) is 5.31. The zero-order valence-electron chi connectivity index (χ0n) is 19.4. The quantitative estimate of drug-likeness (QED) is 0.399. The number of likely N-dealkylation sites (tertiary alicyclic amines) is 1. The molecule has 3 heterocycles. The molecular weight excluding hydrogens is 427 g/mol. The minimum atomic E-state index is -0.205. The fraction of sp³-hybridized carbons (Fsp3) is 0.393. The Morgan fingerprint density at radius 1 is 1.06 bits per heavy atom. The van der Waals surface area contributed by atoms with E-state index in [0.717, 1.165) is 78.5 Å². The fourth-order valence-electron chi connectivity index (χ4n) is 5.73. The van der Waals surface area contributed by atoms with E-state index in [0.29, 0.717) is 17.8 Å². The lowest BCUT2D eigenvalue weighted by Gasteiger charge is -2.32. The van der Waals surface area contributed by atoms with Gasteiger partial charge in [-0.05, 0) is 92.0 Å². The number of amides is 1. The van der Waals surface area contributed by atoms with Gasteiger partial charge in [-0.3, -0.25) is 9.78 Å². The van der Waals surface area contributed by atoms with Crippen LogP contribution in [0, 0.1) is 11.7 Å². The highest BCUT2D eigenvalue weighted by Gasteiger charge is 2.29. The molecule has 1 N–H and O–H groups in total. The maximum Gasteiger partial charge on any atom is 0.253 e. The van der Waals surface area contributed by atoms with Crippen molar-refractivity contribution in [3.63, 3.8) is 0 Å². The molecule has 1 aliphatic carbocycles. The molecule has 6 heteroatoms. The predicted octanol–water partition coefficient (Wildman–Crippen LogP) is 6.17. The van der Waals surface area contributed by atoms with Gasteiger partial charge in [0.2, 0.25) is 0 Å². The van der Waals surface area contributed by atoms with Crippen LogP contribution in [-0.2, 0) is 0 Å². The Balaban J connectivity index is 1.17. The number of carbonyl (C=O) groups excluding carboxylic acids is 1. The first-order chi connectivity index (χ1) is 16.6. The Morgan fingerprint density at radius 2 is 1.88 bits per heavy atom. The molecule has 0 spiro atoms. The first kappa shape index (κ1) is 21.3. The van der Waals surface area contributed by atoms with E-state index in [1.807, 2.05) is 29.3 Å². The van der Waals surface area contributed by atoms with Crippen molar-refractivity contribution in [2.24, 2.45) is 5.92 Å². The molecule has 1 atom stereocenters. The summed E-state index contributed by atoms with van der Waals surface area (Å²) in [6, 6.07) is 12.8. The number of nitrogens with zero attached hydrogens (tertiary/aromatic N) is 3. The monoisotopic (exact) mass is 456 g/mol. The average Bonchev–Trinajstić information content (AvgIpc) is 3.25. The van der Waals surface area contributed by atoms with Crippen LogP contribution in [0.15, 0.2) is 48.7 Å². The first-order valence-corrected chi connectivity index (χ1v) is 12.4. The number of benzene rings is 2. The third kappa shape index (κ3) is 3.75. The molecular formula is C28H29FN4O. The molecule has 1 saturated heterocycles. The maximum atomic E-state index is 13.9. The molecule has 0 bridgehead atoms. The maximum absolute atomic E-state index is 13.9. The van der Waals surface area contributed by atoms with E-state index in [9.17, 15) is 9.18 Å². The fourth-order valence-corrected chi connectivity index (χ4v) is 5.73. The number of nitrogens with one attached hydrogen (secondary N) is 1. The zero-order chi connectivity index (χ0) is 23.2. The van der Waals surface area contributed by atoms with Crippen molar-refractivity contribution in [3.8, 4) is 0 Å². The van der Waals surface area contributed by atoms with Gasteiger partial charge < -0.3 is 9.88 Å². The number of hydrogen-bond donors (Lipinski definition) is 1. The van der Waals surface area contributed by atoms with Gasteiger partial charge in [-0.2, -0.15) is 0 Å². The molecule has 2 aromatic carbocycles. The minimum absolute atomic E-state index is 0.104. The third-order valence-corrected chi connectivity index (χ3v) is 7.98. The van der Waals surface area contributed by atoms with Crippen LogP contribution in [0.3, 0.4) is 0 Å². The molecule has 4 aromatic rings. The van der Waals surface area contributed by atoms with Crippen molar-refractivity contribution < 1.29 is 9.18 Å². The summed E-state index contributed by atoms with van der Waals surface area (Å²) >= 11 is 0. The van der Waals surface area contributed by atoms with Gasteiger partial charge >= 0.3 is 0 Å². The van der Waals surface area contributed by atoms with Crippen LogP contribution >= 0.6 is 0 Å². The second-order valence-electron chi connectivity index (χ2n) is 9.96. The number of fused-ring (bicyclic) bond motifs is 2. The number of halogens is 1. The van der Waals surface area contributed by atoms with E-state index >= 15 is 0 Å². The van der Waals surface area contributed by atoms with Crippen LogP contribution in [0.25, 0.3) is 21.9 Å². The summed E-state index contributed by atoms with van der Waals surface area (Å²) in [6.45, 7) is 3.96. The van der Waals surface area contributed by atoms with Crippen molar-refractivity contribution in [2.75, 3.05) is 13.1 Å². The number of imidazole rings is 1. The van der Waals surface area contributed by atoms with Gasteiger partial charge in [0.25, 0.3) is 5.91 Å². The molecule has 2 aliphatic rings. The number of aromatic nitrogens is 3. The molecule has 1 amide bonds. The van der Waals surface area contributed by atoms with Crippen molar-refractivity contribution >= 4 is 27.8 Å². The van der Waals surface area contributed by atoms with Gasteiger partial charge in [0, 0.05) is 36.2 Å². The van der Waals surface area contributed by atoms with E-state index in [-0.39, 0.29) is 11.7 Å². The van der Waals surface area contributed by atoms with Gasteiger partial charge in [0.15, 0.2) is 0 Å². The molecule has 2 aromatic heterocycles.